The molecule has 28 heavy (non-hydrogen) atoms. The summed E-state index contributed by atoms with van der Waals surface area (Å²) in [5.41, 5.74) is 3.29. The summed E-state index contributed by atoms with van der Waals surface area (Å²) in [6.45, 7) is 14.6. The highest BCUT2D eigenvalue weighted by atomic mass is 16.5. The fourth-order valence-corrected chi connectivity index (χ4v) is 4.06. The number of carbonyl (C=O) groups excluding carboxylic acids is 1. The van der Waals surface area contributed by atoms with Crippen LogP contribution >= 0.6 is 0 Å². The summed E-state index contributed by atoms with van der Waals surface area (Å²) >= 11 is 0. The molecule has 0 aliphatic rings. The number of hydrogen-bond acceptors (Lipinski definition) is 3. The molecule has 0 spiro atoms. The predicted octanol–water partition coefficient (Wildman–Crippen LogP) is 6.74. The molecule has 0 radical (unpaired) electrons. The number of methoxy groups -OCH3 is 1. The lowest BCUT2D eigenvalue weighted by molar-refractivity contribution is -0.131. The first-order valence-corrected chi connectivity index (χ1v) is 10.0. The third-order valence-electron chi connectivity index (χ3n) is 5.18. The van der Waals surface area contributed by atoms with Crippen LogP contribution in [0, 0.1) is 12.8 Å². The van der Waals surface area contributed by atoms with E-state index in [0.717, 1.165) is 40.5 Å². The number of benzene rings is 2. The van der Waals surface area contributed by atoms with Crippen LogP contribution < -0.4 is 9.47 Å². The second-order valence-corrected chi connectivity index (χ2v) is 8.74. The van der Waals surface area contributed by atoms with E-state index in [2.05, 4.69) is 40.7 Å². The molecule has 3 nitrogen and oxygen atoms in total. The molecule has 0 saturated carbocycles. The van der Waals surface area contributed by atoms with Crippen LogP contribution in [0.1, 0.15) is 65.5 Å². The zero-order valence-corrected chi connectivity index (χ0v) is 18.6. The molecule has 0 bridgehead atoms. The van der Waals surface area contributed by atoms with Crippen molar-refractivity contribution in [1.82, 2.24) is 0 Å². The summed E-state index contributed by atoms with van der Waals surface area (Å²) in [6, 6.07) is 7.95. The number of hydrogen-bond donors (Lipinski definition) is 0. The van der Waals surface area contributed by atoms with Crippen molar-refractivity contribution in [3.63, 3.8) is 0 Å². The Bertz CT molecular complexity index is 888. The Hall–Kier alpha value is -2.29. The van der Waals surface area contributed by atoms with E-state index in [4.69, 9.17) is 9.47 Å². The van der Waals surface area contributed by atoms with Gasteiger partial charge in [-0.1, -0.05) is 63.6 Å². The molecule has 0 amide bonds. The van der Waals surface area contributed by atoms with Gasteiger partial charge in [-0.15, -0.1) is 0 Å². The molecule has 0 fully saturated rings. The molecule has 0 heterocycles. The molecular formula is C25H34O3. The summed E-state index contributed by atoms with van der Waals surface area (Å²) in [5, 5.41) is 1.87. The van der Waals surface area contributed by atoms with Crippen LogP contribution in [0.5, 0.6) is 11.5 Å². The van der Waals surface area contributed by atoms with Gasteiger partial charge in [0.15, 0.2) is 0 Å². The maximum Gasteiger partial charge on any atom is 0.308 e. The molecule has 0 unspecified atom stereocenters. The lowest BCUT2D eigenvalue weighted by atomic mass is 9.76. The van der Waals surface area contributed by atoms with Gasteiger partial charge in [-0.2, -0.15) is 0 Å². The SMILES string of the molecule is COc1c(C(C)(C)C/C=C(\C)CC(C)C)c(C)c(OC(C)=O)c2ccccc12. The summed E-state index contributed by atoms with van der Waals surface area (Å²) in [6.07, 6.45) is 4.32. The first-order chi connectivity index (χ1) is 13.1. The number of carbonyl (C=O) groups is 1. The minimum absolute atomic E-state index is 0.174. The van der Waals surface area contributed by atoms with Crippen molar-refractivity contribution in [2.75, 3.05) is 7.11 Å². The molecule has 3 heteroatoms. The van der Waals surface area contributed by atoms with Crippen molar-refractivity contribution in [3.8, 4) is 11.5 Å². The zero-order valence-electron chi connectivity index (χ0n) is 18.6. The van der Waals surface area contributed by atoms with E-state index in [1.54, 1.807) is 7.11 Å². The lowest BCUT2D eigenvalue weighted by Gasteiger charge is -2.30. The van der Waals surface area contributed by atoms with Gasteiger partial charge in [0.05, 0.1) is 7.11 Å². The Balaban J connectivity index is 2.67. The van der Waals surface area contributed by atoms with Crippen molar-refractivity contribution in [2.24, 2.45) is 5.92 Å². The van der Waals surface area contributed by atoms with Crippen molar-refractivity contribution >= 4 is 16.7 Å². The molecule has 2 aromatic carbocycles. The third-order valence-corrected chi connectivity index (χ3v) is 5.18. The topological polar surface area (TPSA) is 35.5 Å². The van der Waals surface area contributed by atoms with Crippen LogP contribution in [0.3, 0.4) is 0 Å². The van der Waals surface area contributed by atoms with Crippen LogP contribution in [-0.2, 0) is 10.2 Å². The van der Waals surface area contributed by atoms with Gasteiger partial charge in [0, 0.05) is 23.3 Å². The second kappa shape index (κ2) is 8.81. The largest absolute Gasteiger partial charge is 0.496 e. The van der Waals surface area contributed by atoms with Crippen LogP contribution in [0.15, 0.2) is 35.9 Å². The average Bonchev–Trinajstić information content (AvgIpc) is 2.61. The van der Waals surface area contributed by atoms with Gasteiger partial charge in [0.1, 0.15) is 11.5 Å². The van der Waals surface area contributed by atoms with E-state index in [1.807, 2.05) is 31.2 Å². The van der Waals surface area contributed by atoms with Crippen LogP contribution in [0.2, 0.25) is 0 Å². The number of allylic oxidation sites excluding steroid dienone is 2. The molecule has 152 valence electrons. The standard InChI is InChI=1S/C25H34O3/c1-16(2)15-17(3)13-14-25(6,7)22-18(4)23(28-19(5)26)20-11-9-10-12-21(20)24(22)27-8/h9-13,16H,14-15H2,1-8H3/b17-13+. The van der Waals surface area contributed by atoms with E-state index in [-0.39, 0.29) is 11.4 Å². The van der Waals surface area contributed by atoms with Gasteiger partial charge in [0.2, 0.25) is 0 Å². The van der Waals surface area contributed by atoms with E-state index < -0.39 is 0 Å². The van der Waals surface area contributed by atoms with Gasteiger partial charge in [0.25, 0.3) is 0 Å². The van der Waals surface area contributed by atoms with Crippen molar-refractivity contribution < 1.29 is 14.3 Å². The molecular weight excluding hydrogens is 348 g/mol. The molecule has 0 aliphatic heterocycles. The molecule has 2 rings (SSSR count). The Morgan fingerprint density at radius 3 is 2.18 bits per heavy atom. The monoisotopic (exact) mass is 382 g/mol. The molecule has 0 aromatic heterocycles. The maximum atomic E-state index is 11.8. The third kappa shape index (κ3) is 4.76. The van der Waals surface area contributed by atoms with Gasteiger partial charge >= 0.3 is 5.97 Å². The van der Waals surface area contributed by atoms with Gasteiger partial charge in [-0.05, 0) is 43.6 Å². The highest BCUT2D eigenvalue weighted by Gasteiger charge is 2.30. The number of fused-ring (bicyclic) bond motifs is 1. The van der Waals surface area contributed by atoms with Crippen molar-refractivity contribution in [1.29, 1.82) is 0 Å². The van der Waals surface area contributed by atoms with Crippen LogP contribution in [0.4, 0.5) is 0 Å². The zero-order chi connectivity index (χ0) is 21.1. The summed E-state index contributed by atoms with van der Waals surface area (Å²) in [4.78, 5) is 11.8. The molecule has 0 saturated heterocycles. The van der Waals surface area contributed by atoms with E-state index in [0.29, 0.717) is 11.7 Å². The van der Waals surface area contributed by atoms with E-state index in [1.165, 1.54) is 12.5 Å². The van der Waals surface area contributed by atoms with E-state index >= 15 is 0 Å². The fourth-order valence-electron chi connectivity index (χ4n) is 4.06. The number of rotatable bonds is 7. The first-order valence-electron chi connectivity index (χ1n) is 10.0. The molecule has 2 aromatic rings. The first kappa shape index (κ1) is 22.0. The Morgan fingerprint density at radius 1 is 1.11 bits per heavy atom. The highest BCUT2D eigenvalue weighted by molar-refractivity contribution is 5.97. The lowest BCUT2D eigenvalue weighted by Crippen LogP contribution is -2.20. The van der Waals surface area contributed by atoms with Crippen molar-refractivity contribution in [2.45, 2.75) is 66.7 Å². The van der Waals surface area contributed by atoms with Gasteiger partial charge in [-0.25, -0.2) is 0 Å². The van der Waals surface area contributed by atoms with E-state index in [9.17, 15) is 4.79 Å². The molecule has 0 aliphatic carbocycles. The van der Waals surface area contributed by atoms with Crippen molar-refractivity contribution in [3.05, 3.63) is 47.0 Å². The smallest absolute Gasteiger partial charge is 0.308 e. The highest BCUT2D eigenvalue weighted by Crippen LogP contribution is 2.47. The fraction of sp³-hybridized carbons (Fsp3) is 0.480. The predicted molar refractivity (Wildman–Crippen MR) is 117 cm³/mol. The van der Waals surface area contributed by atoms with Crippen LogP contribution in [0.25, 0.3) is 10.8 Å². The minimum atomic E-state index is -0.310. The van der Waals surface area contributed by atoms with Gasteiger partial charge in [-0.3, -0.25) is 4.79 Å². The Labute approximate surface area is 169 Å². The molecule has 0 N–H and O–H groups in total. The summed E-state index contributed by atoms with van der Waals surface area (Å²) < 4.78 is 11.6. The number of ether oxygens (including phenoxy) is 2. The normalized spacial score (nSPS) is 12.5. The Morgan fingerprint density at radius 2 is 1.68 bits per heavy atom. The minimum Gasteiger partial charge on any atom is -0.496 e. The summed E-state index contributed by atoms with van der Waals surface area (Å²) in [5.74, 6) is 1.83. The quantitative estimate of drug-likeness (QED) is 0.302. The maximum absolute atomic E-state index is 11.8. The summed E-state index contributed by atoms with van der Waals surface area (Å²) in [7, 11) is 1.71. The second-order valence-electron chi connectivity index (χ2n) is 8.74. The Kier molecular flexibility index (Phi) is 6.92. The van der Waals surface area contributed by atoms with Gasteiger partial charge < -0.3 is 9.47 Å². The number of esters is 1. The molecule has 0 atom stereocenters. The average molecular weight is 383 g/mol. The van der Waals surface area contributed by atoms with Crippen LogP contribution in [-0.4, -0.2) is 13.1 Å².